The average Bonchev–Trinajstić information content (AvgIpc) is 2.80. The van der Waals surface area contributed by atoms with Gasteiger partial charge in [0.05, 0.1) is 14.5 Å². The zero-order valence-corrected chi connectivity index (χ0v) is 20.8. The molecule has 168 valence electrons. The third kappa shape index (κ3) is 5.55. The maximum atomic E-state index is 13.2. The number of hydrogen-bond donors (Lipinski definition) is 1. The van der Waals surface area contributed by atoms with Crippen LogP contribution in [0.4, 0.5) is 0 Å². The van der Waals surface area contributed by atoms with E-state index in [0.717, 1.165) is 20.8 Å². The van der Waals surface area contributed by atoms with Crippen LogP contribution in [0.1, 0.15) is 18.9 Å². The fourth-order valence-corrected chi connectivity index (χ4v) is 4.40. The van der Waals surface area contributed by atoms with E-state index in [1.807, 2.05) is 43.3 Å². The van der Waals surface area contributed by atoms with E-state index >= 15 is 0 Å². The van der Waals surface area contributed by atoms with Gasteiger partial charge in [-0.25, -0.2) is 0 Å². The summed E-state index contributed by atoms with van der Waals surface area (Å²) in [5.41, 5.74) is 0.766. The molecule has 0 saturated heterocycles. The van der Waals surface area contributed by atoms with Gasteiger partial charge in [0.15, 0.2) is 6.61 Å². The highest BCUT2D eigenvalue weighted by molar-refractivity contribution is 9.10. The predicted octanol–water partition coefficient (Wildman–Crippen LogP) is 5.84. The van der Waals surface area contributed by atoms with E-state index in [4.69, 9.17) is 27.9 Å². The highest BCUT2D eigenvalue weighted by atomic mass is 79.9. The third-order valence-electron chi connectivity index (χ3n) is 5.15. The molecule has 0 aliphatic rings. The molecule has 3 rings (SSSR count). The molecule has 0 saturated carbocycles. The zero-order valence-electron chi connectivity index (χ0n) is 17.7. The first-order valence-electron chi connectivity index (χ1n) is 10.1. The summed E-state index contributed by atoms with van der Waals surface area (Å²) in [4.78, 5) is 27.2. The molecule has 0 fully saturated rings. The zero-order chi connectivity index (χ0) is 23.3. The van der Waals surface area contributed by atoms with Gasteiger partial charge >= 0.3 is 0 Å². The number of likely N-dealkylation sites (N-methyl/N-ethyl adjacent to an activating group) is 1. The molecule has 0 aliphatic heterocycles. The van der Waals surface area contributed by atoms with Crippen LogP contribution in [0.3, 0.4) is 0 Å². The second-order valence-electron chi connectivity index (χ2n) is 7.20. The SMILES string of the molecule is CC[C@@H](C(=O)NC)N(Cc1ccc(Cl)c(Cl)c1)C(=O)COc1ccc2ccccc2c1Br. The molecule has 0 aliphatic carbocycles. The van der Waals surface area contributed by atoms with E-state index < -0.39 is 6.04 Å². The molecule has 0 bridgehead atoms. The smallest absolute Gasteiger partial charge is 0.261 e. The fraction of sp³-hybridized carbons (Fsp3) is 0.250. The summed E-state index contributed by atoms with van der Waals surface area (Å²) >= 11 is 15.7. The van der Waals surface area contributed by atoms with Crippen LogP contribution in [-0.4, -0.2) is 36.4 Å². The first kappa shape index (κ1) is 24.4. The van der Waals surface area contributed by atoms with Crippen LogP contribution in [0.2, 0.25) is 10.0 Å². The molecule has 1 N–H and O–H groups in total. The lowest BCUT2D eigenvalue weighted by atomic mass is 10.1. The predicted molar refractivity (Wildman–Crippen MR) is 132 cm³/mol. The summed E-state index contributed by atoms with van der Waals surface area (Å²) in [5.74, 6) is -0.00101. The number of benzene rings is 3. The summed E-state index contributed by atoms with van der Waals surface area (Å²) in [6.45, 7) is 1.84. The van der Waals surface area contributed by atoms with Gasteiger partial charge in [0.25, 0.3) is 5.91 Å². The molecule has 0 heterocycles. The lowest BCUT2D eigenvalue weighted by Gasteiger charge is -2.30. The maximum Gasteiger partial charge on any atom is 0.261 e. The number of rotatable bonds is 8. The molecule has 0 unspecified atom stereocenters. The van der Waals surface area contributed by atoms with E-state index in [0.29, 0.717) is 22.2 Å². The summed E-state index contributed by atoms with van der Waals surface area (Å²) in [6.07, 6.45) is 0.451. The number of amides is 2. The van der Waals surface area contributed by atoms with Gasteiger partial charge in [-0.1, -0.05) is 66.5 Å². The molecule has 3 aromatic rings. The highest BCUT2D eigenvalue weighted by Gasteiger charge is 2.28. The first-order chi connectivity index (χ1) is 15.3. The monoisotopic (exact) mass is 536 g/mol. The van der Waals surface area contributed by atoms with Gasteiger partial charge in [-0.3, -0.25) is 9.59 Å². The van der Waals surface area contributed by atoms with E-state index in [-0.39, 0.29) is 25.0 Å². The lowest BCUT2D eigenvalue weighted by Crippen LogP contribution is -2.49. The van der Waals surface area contributed by atoms with Crippen molar-refractivity contribution in [2.45, 2.75) is 25.9 Å². The van der Waals surface area contributed by atoms with Crippen molar-refractivity contribution in [3.8, 4) is 5.75 Å². The summed E-state index contributed by atoms with van der Waals surface area (Å²) in [5, 5.41) is 5.50. The Kier molecular flexibility index (Phi) is 8.40. The van der Waals surface area contributed by atoms with Crippen LogP contribution >= 0.6 is 39.1 Å². The Balaban J connectivity index is 1.83. The minimum absolute atomic E-state index is 0.198. The van der Waals surface area contributed by atoms with Crippen molar-refractivity contribution in [2.24, 2.45) is 0 Å². The Morgan fingerprint density at radius 1 is 1.09 bits per heavy atom. The molecule has 32 heavy (non-hydrogen) atoms. The minimum atomic E-state index is -0.648. The fourth-order valence-electron chi connectivity index (χ4n) is 3.47. The van der Waals surface area contributed by atoms with Gasteiger partial charge in [0, 0.05) is 13.6 Å². The van der Waals surface area contributed by atoms with Gasteiger partial charge < -0.3 is 15.0 Å². The molecule has 3 aromatic carbocycles. The van der Waals surface area contributed by atoms with Crippen molar-refractivity contribution < 1.29 is 14.3 Å². The van der Waals surface area contributed by atoms with Crippen LogP contribution in [-0.2, 0) is 16.1 Å². The molecule has 2 amide bonds. The number of ether oxygens (including phenoxy) is 1. The lowest BCUT2D eigenvalue weighted by molar-refractivity contribution is -0.142. The molecule has 5 nitrogen and oxygen atoms in total. The Morgan fingerprint density at radius 2 is 1.84 bits per heavy atom. The van der Waals surface area contributed by atoms with Crippen molar-refractivity contribution in [1.29, 1.82) is 0 Å². The summed E-state index contributed by atoms with van der Waals surface area (Å²) in [6, 6.07) is 16.1. The van der Waals surface area contributed by atoms with Crippen LogP contribution in [0.5, 0.6) is 5.75 Å². The number of hydrogen-bond acceptors (Lipinski definition) is 3. The van der Waals surface area contributed by atoms with Crippen molar-refractivity contribution in [2.75, 3.05) is 13.7 Å². The van der Waals surface area contributed by atoms with E-state index in [9.17, 15) is 9.59 Å². The molecule has 8 heteroatoms. The van der Waals surface area contributed by atoms with Gasteiger partial charge in [0.1, 0.15) is 11.8 Å². The first-order valence-corrected chi connectivity index (χ1v) is 11.7. The molecule has 1 atom stereocenters. The Hall–Kier alpha value is -2.28. The highest BCUT2D eigenvalue weighted by Crippen LogP contribution is 2.33. The van der Waals surface area contributed by atoms with Crippen LogP contribution in [0, 0.1) is 0 Å². The maximum absolute atomic E-state index is 13.2. The van der Waals surface area contributed by atoms with Gasteiger partial charge in [-0.05, 0) is 56.9 Å². The number of fused-ring (bicyclic) bond motifs is 1. The van der Waals surface area contributed by atoms with Gasteiger partial charge in [-0.15, -0.1) is 0 Å². The van der Waals surface area contributed by atoms with E-state index in [1.165, 1.54) is 4.90 Å². The van der Waals surface area contributed by atoms with Crippen molar-refractivity contribution in [3.05, 3.63) is 74.7 Å². The molecule has 0 spiro atoms. The van der Waals surface area contributed by atoms with Crippen LogP contribution < -0.4 is 10.1 Å². The third-order valence-corrected chi connectivity index (χ3v) is 6.71. The standard InChI is InChI=1S/C24H23BrCl2N2O3/c1-3-20(24(31)28-2)29(13-15-8-10-18(26)19(27)12-15)22(30)14-32-21-11-9-16-6-4-5-7-17(16)23(21)25/h4-12,20H,3,13-14H2,1-2H3,(H,28,31)/t20-/m0/s1. The quantitative estimate of drug-likeness (QED) is 0.392. The summed E-state index contributed by atoms with van der Waals surface area (Å²) in [7, 11) is 1.55. The van der Waals surface area contributed by atoms with Crippen LogP contribution in [0.25, 0.3) is 10.8 Å². The summed E-state index contributed by atoms with van der Waals surface area (Å²) < 4.78 is 6.64. The second kappa shape index (κ2) is 11.0. The Morgan fingerprint density at radius 3 is 2.53 bits per heavy atom. The van der Waals surface area contributed by atoms with Crippen molar-refractivity contribution >= 4 is 61.7 Å². The van der Waals surface area contributed by atoms with E-state index in [2.05, 4.69) is 21.2 Å². The van der Waals surface area contributed by atoms with Crippen molar-refractivity contribution in [3.63, 3.8) is 0 Å². The molecule has 0 aromatic heterocycles. The average molecular weight is 538 g/mol. The van der Waals surface area contributed by atoms with Gasteiger partial charge in [0.2, 0.25) is 5.91 Å². The van der Waals surface area contributed by atoms with E-state index in [1.54, 1.807) is 25.2 Å². The second-order valence-corrected chi connectivity index (χ2v) is 8.80. The number of carbonyl (C=O) groups excluding carboxylic acids is 2. The molecule has 0 radical (unpaired) electrons. The molecular weight excluding hydrogens is 515 g/mol. The largest absolute Gasteiger partial charge is 0.483 e. The van der Waals surface area contributed by atoms with Gasteiger partial charge in [-0.2, -0.15) is 0 Å². The van der Waals surface area contributed by atoms with Crippen molar-refractivity contribution in [1.82, 2.24) is 10.2 Å². The normalized spacial score (nSPS) is 11.8. The Labute approximate surface area is 205 Å². The number of nitrogens with one attached hydrogen (secondary N) is 1. The van der Waals surface area contributed by atoms with Crippen LogP contribution in [0.15, 0.2) is 59.1 Å². The number of nitrogens with zero attached hydrogens (tertiary/aromatic N) is 1. The minimum Gasteiger partial charge on any atom is -0.483 e. The topological polar surface area (TPSA) is 58.6 Å². The molecular formula is C24H23BrCl2N2O3. The number of carbonyl (C=O) groups is 2. The number of halogens is 3. The Bertz CT molecular complexity index is 1140.